The van der Waals surface area contributed by atoms with Gasteiger partial charge in [0.05, 0.1) is 0 Å². The number of rotatable bonds is 4. The lowest BCUT2D eigenvalue weighted by molar-refractivity contribution is 0.0635. The normalized spacial score (nSPS) is 9.48. The van der Waals surface area contributed by atoms with E-state index in [1.54, 1.807) is 0 Å². The van der Waals surface area contributed by atoms with Crippen LogP contribution in [0.15, 0.2) is 48.5 Å². The van der Waals surface area contributed by atoms with Gasteiger partial charge in [-0.25, -0.2) is 4.79 Å². The van der Waals surface area contributed by atoms with Crippen molar-refractivity contribution >= 4 is 17.6 Å². The van der Waals surface area contributed by atoms with E-state index in [9.17, 15) is 9.59 Å². The zero-order chi connectivity index (χ0) is 24.4. The zero-order valence-electron chi connectivity index (χ0n) is 21.3. The Hall–Kier alpha value is -2.62. The van der Waals surface area contributed by atoms with Gasteiger partial charge in [-0.2, -0.15) is 0 Å². The zero-order valence-corrected chi connectivity index (χ0v) is 21.3. The first-order valence-corrected chi connectivity index (χ1v) is 11.4. The molecule has 0 bridgehead atoms. The summed E-state index contributed by atoms with van der Waals surface area (Å²) in [7, 11) is 0. The van der Waals surface area contributed by atoms with Gasteiger partial charge in [-0.1, -0.05) is 91.3 Å². The van der Waals surface area contributed by atoms with Crippen molar-refractivity contribution < 1.29 is 14.3 Å². The molecule has 1 N–H and O–H groups in total. The fourth-order valence-electron chi connectivity index (χ4n) is 2.22. The fourth-order valence-corrected chi connectivity index (χ4v) is 2.22. The van der Waals surface area contributed by atoms with Crippen LogP contribution in [0.5, 0.6) is 0 Å². The Bertz CT molecular complexity index is 727. The number of ketones is 1. The smallest absolute Gasteiger partial charge is 0.412 e. The van der Waals surface area contributed by atoms with Crippen LogP contribution in [0.1, 0.15) is 92.4 Å². The predicted molar refractivity (Wildman–Crippen MR) is 135 cm³/mol. The summed E-state index contributed by atoms with van der Waals surface area (Å²) in [5, 5.41) is 2.70. The van der Waals surface area contributed by atoms with Crippen LogP contribution in [-0.4, -0.2) is 17.5 Å². The standard InChI is InChI=1S/C20H23NO3.C3H8.2C2H6/c1-5-18(22)16-8-6-14(7-9-16)15-10-12-17(13-11-15)21-19(23)24-20(2,3)4;1-3-2;2*1-2/h6-13H,5H2,1-4H3,(H,21,23);3H2,1-2H3;2*1-2H3. The monoisotopic (exact) mass is 429 g/mol. The molecule has 0 spiro atoms. The van der Waals surface area contributed by atoms with Gasteiger partial charge in [-0.15, -0.1) is 0 Å². The average Bonchev–Trinajstić information content (AvgIpc) is 2.76. The molecule has 0 saturated carbocycles. The third-order valence-corrected chi connectivity index (χ3v) is 3.39. The number of anilines is 1. The molecule has 4 heteroatoms. The van der Waals surface area contributed by atoms with Gasteiger partial charge in [0.1, 0.15) is 5.60 Å². The Morgan fingerprint density at radius 2 is 1.16 bits per heavy atom. The summed E-state index contributed by atoms with van der Waals surface area (Å²) in [6.45, 7) is 19.6. The van der Waals surface area contributed by atoms with Crippen molar-refractivity contribution in [2.45, 2.75) is 87.7 Å². The third-order valence-electron chi connectivity index (χ3n) is 3.39. The number of hydrogen-bond acceptors (Lipinski definition) is 3. The highest BCUT2D eigenvalue weighted by atomic mass is 16.6. The van der Waals surface area contributed by atoms with Crippen LogP contribution < -0.4 is 5.32 Å². The van der Waals surface area contributed by atoms with Gasteiger partial charge < -0.3 is 4.74 Å². The van der Waals surface area contributed by atoms with E-state index >= 15 is 0 Å². The van der Waals surface area contributed by atoms with Crippen LogP contribution in [0.4, 0.5) is 10.5 Å². The van der Waals surface area contributed by atoms with Crippen LogP contribution in [0.3, 0.4) is 0 Å². The Labute approximate surface area is 190 Å². The minimum atomic E-state index is -0.526. The average molecular weight is 430 g/mol. The second kappa shape index (κ2) is 17.1. The molecule has 0 aliphatic rings. The highest BCUT2D eigenvalue weighted by molar-refractivity contribution is 5.96. The molecule has 4 nitrogen and oxygen atoms in total. The van der Waals surface area contributed by atoms with E-state index in [-0.39, 0.29) is 5.78 Å². The summed E-state index contributed by atoms with van der Waals surface area (Å²) in [6, 6.07) is 15.0. The van der Waals surface area contributed by atoms with Gasteiger partial charge in [0.2, 0.25) is 0 Å². The van der Waals surface area contributed by atoms with Gasteiger partial charge in [-0.05, 0) is 44.0 Å². The Morgan fingerprint density at radius 1 is 0.774 bits per heavy atom. The minimum absolute atomic E-state index is 0.137. The Kier molecular flexibility index (Phi) is 16.9. The molecule has 2 rings (SSSR count). The third kappa shape index (κ3) is 13.3. The molecule has 0 saturated heterocycles. The van der Waals surface area contributed by atoms with Crippen LogP contribution in [-0.2, 0) is 4.74 Å². The summed E-state index contributed by atoms with van der Waals surface area (Å²) in [6.07, 6.45) is 1.28. The van der Waals surface area contributed by atoms with E-state index in [4.69, 9.17) is 4.74 Å². The quantitative estimate of drug-likeness (QED) is 0.494. The second-order valence-electron chi connectivity index (χ2n) is 7.27. The number of ether oxygens (including phenoxy) is 1. The number of Topliss-reactive ketones (excluding diaryl/α,β-unsaturated/α-hetero) is 1. The van der Waals surface area contributed by atoms with Crippen LogP contribution in [0, 0.1) is 0 Å². The highest BCUT2D eigenvalue weighted by Gasteiger charge is 2.16. The van der Waals surface area contributed by atoms with Crippen molar-refractivity contribution in [1.29, 1.82) is 0 Å². The summed E-state index contributed by atoms with van der Waals surface area (Å²) >= 11 is 0. The molecule has 2 aromatic rings. The number of carbonyl (C=O) groups is 2. The van der Waals surface area contributed by atoms with Crippen molar-refractivity contribution in [3.63, 3.8) is 0 Å². The molecule has 0 aliphatic heterocycles. The number of hydrogen-bond donors (Lipinski definition) is 1. The van der Waals surface area contributed by atoms with E-state index in [0.717, 1.165) is 16.7 Å². The van der Waals surface area contributed by atoms with Gasteiger partial charge in [-0.3, -0.25) is 10.1 Å². The SMILES string of the molecule is CC.CC.CCC.CCC(=O)c1ccc(-c2ccc(NC(=O)OC(C)(C)C)cc2)cc1. The molecule has 2 aromatic carbocycles. The predicted octanol–water partition coefficient (Wildman–Crippen LogP) is 8.76. The number of carbonyl (C=O) groups excluding carboxylic acids is 2. The summed E-state index contributed by atoms with van der Waals surface area (Å²) in [4.78, 5) is 23.4. The molecule has 0 aliphatic carbocycles. The lowest BCUT2D eigenvalue weighted by atomic mass is 10.0. The van der Waals surface area contributed by atoms with Crippen LogP contribution >= 0.6 is 0 Å². The lowest BCUT2D eigenvalue weighted by Gasteiger charge is -2.19. The van der Waals surface area contributed by atoms with Gasteiger partial charge in [0.25, 0.3) is 0 Å². The molecule has 0 atom stereocenters. The molecular weight excluding hydrogens is 386 g/mol. The molecular formula is C27H43NO3. The second-order valence-corrected chi connectivity index (χ2v) is 7.27. The van der Waals surface area contributed by atoms with Crippen molar-refractivity contribution in [2.24, 2.45) is 0 Å². The van der Waals surface area contributed by atoms with Crippen molar-refractivity contribution in [1.82, 2.24) is 0 Å². The van der Waals surface area contributed by atoms with Gasteiger partial charge in [0, 0.05) is 17.7 Å². The molecule has 31 heavy (non-hydrogen) atoms. The fraction of sp³-hybridized carbons (Fsp3) is 0.481. The van der Waals surface area contributed by atoms with E-state index in [1.807, 2.05) is 104 Å². The maximum absolute atomic E-state index is 11.7. The summed E-state index contributed by atoms with van der Waals surface area (Å²) in [5.74, 6) is 0.137. The van der Waals surface area contributed by atoms with E-state index in [2.05, 4.69) is 19.2 Å². The topological polar surface area (TPSA) is 55.4 Å². The molecule has 0 heterocycles. The van der Waals surface area contributed by atoms with Gasteiger partial charge in [0.15, 0.2) is 5.78 Å². The molecule has 174 valence electrons. The van der Waals surface area contributed by atoms with Crippen LogP contribution in [0.2, 0.25) is 0 Å². The van der Waals surface area contributed by atoms with E-state index in [1.165, 1.54) is 6.42 Å². The lowest BCUT2D eigenvalue weighted by Crippen LogP contribution is -2.27. The van der Waals surface area contributed by atoms with E-state index < -0.39 is 11.7 Å². The Morgan fingerprint density at radius 3 is 1.52 bits per heavy atom. The van der Waals surface area contributed by atoms with Crippen molar-refractivity contribution in [2.75, 3.05) is 5.32 Å². The first-order chi connectivity index (χ1) is 14.7. The highest BCUT2D eigenvalue weighted by Crippen LogP contribution is 2.22. The minimum Gasteiger partial charge on any atom is -0.444 e. The van der Waals surface area contributed by atoms with Crippen molar-refractivity contribution in [3.05, 3.63) is 54.1 Å². The first-order valence-electron chi connectivity index (χ1n) is 11.4. The number of benzene rings is 2. The molecule has 0 fully saturated rings. The molecule has 0 radical (unpaired) electrons. The van der Waals surface area contributed by atoms with Crippen LogP contribution in [0.25, 0.3) is 11.1 Å². The maximum atomic E-state index is 11.7. The molecule has 0 unspecified atom stereocenters. The Balaban J connectivity index is 0. The summed E-state index contributed by atoms with van der Waals surface area (Å²) < 4.78 is 5.22. The van der Waals surface area contributed by atoms with Gasteiger partial charge >= 0.3 is 6.09 Å². The molecule has 1 amide bonds. The number of amides is 1. The van der Waals surface area contributed by atoms with Crippen molar-refractivity contribution in [3.8, 4) is 11.1 Å². The molecule has 0 aromatic heterocycles. The maximum Gasteiger partial charge on any atom is 0.412 e. The number of nitrogens with one attached hydrogen (secondary N) is 1. The van der Waals surface area contributed by atoms with E-state index in [0.29, 0.717) is 12.1 Å². The largest absolute Gasteiger partial charge is 0.444 e. The summed E-state index contributed by atoms with van der Waals surface area (Å²) in [5.41, 5.74) is 2.91. The first kappa shape index (κ1) is 30.6.